The van der Waals surface area contributed by atoms with Crippen molar-refractivity contribution < 1.29 is 27.5 Å². The third-order valence-corrected chi connectivity index (χ3v) is 6.20. The highest BCUT2D eigenvalue weighted by Crippen LogP contribution is 2.20. The van der Waals surface area contributed by atoms with Gasteiger partial charge in [0.05, 0.1) is 18.1 Å². The molecular weight excluding hydrogens is 410 g/mol. The molecule has 3 rings (SSSR count). The number of carbonyl (C=O) groups excluding carboxylic acids is 2. The molecule has 0 aromatic heterocycles. The van der Waals surface area contributed by atoms with Crippen molar-refractivity contribution in [2.75, 3.05) is 43.5 Å². The summed E-state index contributed by atoms with van der Waals surface area (Å²) >= 11 is 0. The van der Waals surface area contributed by atoms with Gasteiger partial charge in [0.2, 0.25) is 15.9 Å². The molecular formula is C20H23N3O6S. The van der Waals surface area contributed by atoms with Gasteiger partial charge in [-0.15, -0.1) is 0 Å². The van der Waals surface area contributed by atoms with E-state index in [9.17, 15) is 18.0 Å². The van der Waals surface area contributed by atoms with E-state index in [4.69, 9.17) is 9.47 Å². The Balaban J connectivity index is 1.52. The van der Waals surface area contributed by atoms with E-state index in [0.717, 1.165) is 0 Å². The van der Waals surface area contributed by atoms with Gasteiger partial charge >= 0.3 is 0 Å². The third-order valence-electron chi connectivity index (χ3n) is 4.29. The largest absolute Gasteiger partial charge is 0.484 e. The molecule has 0 bridgehead atoms. The van der Waals surface area contributed by atoms with Crippen LogP contribution in [0.1, 0.15) is 6.92 Å². The van der Waals surface area contributed by atoms with Crippen molar-refractivity contribution in [3.05, 3.63) is 48.5 Å². The zero-order valence-electron chi connectivity index (χ0n) is 16.5. The number of sulfonamides is 1. The molecule has 1 fully saturated rings. The molecule has 2 aromatic rings. The van der Waals surface area contributed by atoms with E-state index in [-0.39, 0.29) is 23.3 Å². The van der Waals surface area contributed by atoms with E-state index < -0.39 is 10.0 Å². The SMILES string of the molecule is CC(=O)Nc1ccc(NC(=O)COc2ccc(S(=O)(=O)N3CCOCC3)cc2)cc1. The van der Waals surface area contributed by atoms with E-state index in [2.05, 4.69) is 10.6 Å². The van der Waals surface area contributed by atoms with E-state index in [1.807, 2.05) is 0 Å². The molecule has 2 aromatic carbocycles. The van der Waals surface area contributed by atoms with Crippen molar-refractivity contribution in [1.29, 1.82) is 0 Å². The zero-order chi connectivity index (χ0) is 21.6. The maximum Gasteiger partial charge on any atom is 0.262 e. The average molecular weight is 433 g/mol. The molecule has 160 valence electrons. The van der Waals surface area contributed by atoms with E-state index in [1.54, 1.807) is 24.3 Å². The highest BCUT2D eigenvalue weighted by Gasteiger charge is 2.26. The van der Waals surface area contributed by atoms with Crippen molar-refractivity contribution in [1.82, 2.24) is 4.31 Å². The van der Waals surface area contributed by atoms with Gasteiger partial charge in [0.1, 0.15) is 5.75 Å². The second-order valence-corrected chi connectivity index (χ2v) is 8.52. The van der Waals surface area contributed by atoms with Gasteiger partial charge in [-0.2, -0.15) is 4.31 Å². The normalized spacial score (nSPS) is 14.7. The van der Waals surface area contributed by atoms with Crippen LogP contribution >= 0.6 is 0 Å². The first-order chi connectivity index (χ1) is 14.3. The second kappa shape index (κ2) is 9.70. The molecule has 2 amide bonds. The molecule has 0 radical (unpaired) electrons. The summed E-state index contributed by atoms with van der Waals surface area (Å²) in [5.41, 5.74) is 1.19. The number of benzene rings is 2. The van der Waals surface area contributed by atoms with Crippen LogP contribution in [0.4, 0.5) is 11.4 Å². The van der Waals surface area contributed by atoms with Gasteiger partial charge in [0, 0.05) is 31.4 Å². The molecule has 0 atom stereocenters. The average Bonchev–Trinajstić information content (AvgIpc) is 2.74. The fraction of sp³-hybridized carbons (Fsp3) is 0.300. The fourth-order valence-corrected chi connectivity index (χ4v) is 4.24. The first-order valence-corrected chi connectivity index (χ1v) is 10.8. The summed E-state index contributed by atoms with van der Waals surface area (Å²) in [5, 5.41) is 5.32. The number of anilines is 2. The van der Waals surface area contributed by atoms with Crippen molar-refractivity contribution in [3.63, 3.8) is 0 Å². The van der Waals surface area contributed by atoms with Crippen LogP contribution in [0.3, 0.4) is 0 Å². The van der Waals surface area contributed by atoms with Crippen molar-refractivity contribution in [3.8, 4) is 5.75 Å². The molecule has 0 saturated carbocycles. The monoisotopic (exact) mass is 433 g/mol. The fourth-order valence-electron chi connectivity index (χ4n) is 2.83. The van der Waals surface area contributed by atoms with Gasteiger partial charge in [0.15, 0.2) is 6.61 Å². The molecule has 2 N–H and O–H groups in total. The van der Waals surface area contributed by atoms with Gasteiger partial charge in [-0.3, -0.25) is 9.59 Å². The summed E-state index contributed by atoms with van der Waals surface area (Å²) < 4.78 is 37.2. The van der Waals surface area contributed by atoms with Crippen LogP contribution in [0.15, 0.2) is 53.4 Å². The van der Waals surface area contributed by atoms with Crippen LogP contribution in [0.5, 0.6) is 5.75 Å². The van der Waals surface area contributed by atoms with Gasteiger partial charge < -0.3 is 20.1 Å². The first-order valence-electron chi connectivity index (χ1n) is 9.33. The summed E-state index contributed by atoms with van der Waals surface area (Å²) in [7, 11) is -3.57. The standard InChI is InChI=1S/C20H23N3O6S/c1-15(24)21-16-2-4-17(5-3-16)22-20(25)14-29-18-6-8-19(9-7-18)30(26,27)23-10-12-28-13-11-23/h2-9H,10-14H2,1H3,(H,21,24)(H,22,25). The Labute approximate surface area is 175 Å². The first kappa shape index (κ1) is 21.8. The lowest BCUT2D eigenvalue weighted by Gasteiger charge is -2.26. The van der Waals surface area contributed by atoms with Crippen molar-refractivity contribution in [2.45, 2.75) is 11.8 Å². The van der Waals surface area contributed by atoms with E-state index in [0.29, 0.717) is 43.4 Å². The Morgan fingerprint density at radius 1 is 0.967 bits per heavy atom. The number of morpholine rings is 1. The number of amides is 2. The number of nitrogens with zero attached hydrogens (tertiary/aromatic N) is 1. The van der Waals surface area contributed by atoms with Crippen LogP contribution in [0.2, 0.25) is 0 Å². The summed E-state index contributed by atoms with van der Waals surface area (Å²) in [6, 6.07) is 12.6. The number of nitrogens with one attached hydrogen (secondary N) is 2. The highest BCUT2D eigenvalue weighted by molar-refractivity contribution is 7.89. The smallest absolute Gasteiger partial charge is 0.262 e. The molecule has 0 aliphatic carbocycles. The van der Waals surface area contributed by atoms with Crippen LogP contribution < -0.4 is 15.4 Å². The van der Waals surface area contributed by atoms with Gasteiger partial charge in [0.25, 0.3) is 5.91 Å². The Hall–Kier alpha value is -2.95. The maximum atomic E-state index is 12.6. The number of carbonyl (C=O) groups is 2. The summed E-state index contributed by atoms with van der Waals surface area (Å²) in [5.74, 6) is -0.164. The number of rotatable bonds is 7. The lowest BCUT2D eigenvalue weighted by molar-refractivity contribution is -0.118. The molecule has 0 unspecified atom stereocenters. The molecule has 0 spiro atoms. The minimum Gasteiger partial charge on any atom is -0.484 e. The molecule has 1 heterocycles. The van der Waals surface area contributed by atoms with Crippen molar-refractivity contribution in [2.24, 2.45) is 0 Å². The number of hydrogen-bond acceptors (Lipinski definition) is 6. The minimum absolute atomic E-state index is 0.167. The second-order valence-electron chi connectivity index (χ2n) is 6.58. The molecule has 10 heteroatoms. The van der Waals surface area contributed by atoms with E-state index >= 15 is 0 Å². The number of hydrogen-bond donors (Lipinski definition) is 2. The zero-order valence-corrected chi connectivity index (χ0v) is 17.3. The summed E-state index contributed by atoms with van der Waals surface area (Å²) in [6.45, 7) is 2.59. The van der Waals surface area contributed by atoms with Crippen LogP contribution in [-0.4, -0.2) is 57.4 Å². The lowest BCUT2D eigenvalue weighted by atomic mass is 10.2. The third kappa shape index (κ3) is 5.78. The molecule has 1 aliphatic heterocycles. The van der Waals surface area contributed by atoms with Crippen LogP contribution in [-0.2, 0) is 24.3 Å². The highest BCUT2D eigenvalue weighted by atomic mass is 32.2. The lowest BCUT2D eigenvalue weighted by Crippen LogP contribution is -2.40. The van der Waals surface area contributed by atoms with Gasteiger partial charge in [-0.25, -0.2) is 8.42 Å². The quantitative estimate of drug-likeness (QED) is 0.687. The Morgan fingerprint density at radius 3 is 2.10 bits per heavy atom. The molecule has 30 heavy (non-hydrogen) atoms. The Morgan fingerprint density at radius 2 is 1.53 bits per heavy atom. The maximum absolute atomic E-state index is 12.6. The van der Waals surface area contributed by atoms with E-state index in [1.165, 1.54) is 35.5 Å². The Bertz CT molecular complexity index is 984. The summed E-state index contributed by atoms with van der Waals surface area (Å²) in [4.78, 5) is 23.2. The van der Waals surface area contributed by atoms with Gasteiger partial charge in [-0.05, 0) is 48.5 Å². The topological polar surface area (TPSA) is 114 Å². The van der Waals surface area contributed by atoms with Gasteiger partial charge in [-0.1, -0.05) is 0 Å². The summed E-state index contributed by atoms with van der Waals surface area (Å²) in [6.07, 6.45) is 0. The van der Waals surface area contributed by atoms with Crippen LogP contribution in [0.25, 0.3) is 0 Å². The van der Waals surface area contributed by atoms with Crippen LogP contribution in [0, 0.1) is 0 Å². The molecule has 1 saturated heterocycles. The predicted octanol–water partition coefficient (Wildman–Crippen LogP) is 1.68. The molecule has 1 aliphatic rings. The Kier molecular flexibility index (Phi) is 7.03. The number of ether oxygens (including phenoxy) is 2. The minimum atomic E-state index is -3.57. The predicted molar refractivity (Wildman–Crippen MR) is 111 cm³/mol. The van der Waals surface area contributed by atoms with Crippen molar-refractivity contribution >= 4 is 33.2 Å². The molecule has 9 nitrogen and oxygen atoms in total.